The molecule has 1 aliphatic rings. The van der Waals surface area contributed by atoms with Crippen LogP contribution in [-0.2, 0) is 0 Å². The molecule has 2 aromatic heterocycles. The van der Waals surface area contributed by atoms with Crippen molar-refractivity contribution in [2.45, 2.75) is 25.9 Å². The number of hydrogen-bond donors (Lipinski definition) is 2. The number of aryl methyl sites for hydroxylation is 1. The van der Waals surface area contributed by atoms with E-state index in [1.807, 2.05) is 11.9 Å². The minimum atomic E-state index is -0.925. The van der Waals surface area contributed by atoms with Crippen molar-refractivity contribution in [3.63, 3.8) is 0 Å². The summed E-state index contributed by atoms with van der Waals surface area (Å²) < 4.78 is 0. The van der Waals surface area contributed by atoms with Gasteiger partial charge >= 0.3 is 5.97 Å². The third kappa shape index (κ3) is 2.47. The Kier molecular flexibility index (Phi) is 3.54. The lowest BCUT2D eigenvalue weighted by molar-refractivity contribution is 0.0464. The fraction of sp³-hybridized carbons (Fsp3) is 0.500. The largest absolute Gasteiger partial charge is 0.477 e. The third-order valence-electron chi connectivity index (χ3n) is 4.01. The van der Waals surface area contributed by atoms with Gasteiger partial charge in [0.05, 0.1) is 11.5 Å². The number of aliphatic hydroxyl groups is 1. The van der Waals surface area contributed by atoms with Crippen LogP contribution in [0.2, 0.25) is 0 Å². The monoisotopic (exact) mass is 307 g/mol. The van der Waals surface area contributed by atoms with E-state index >= 15 is 0 Å². The van der Waals surface area contributed by atoms with Gasteiger partial charge in [-0.15, -0.1) is 11.3 Å². The number of carboxylic acids is 1. The summed E-state index contributed by atoms with van der Waals surface area (Å²) in [4.78, 5) is 22.8. The zero-order valence-electron chi connectivity index (χ0n) is 11.9. The Hall–Kier alpha value is -1.73. The topological polar surface area (TPSA) is 86.5 Å². The zero-order valence-corrected chi connectivity index (χ0v) is 12.7. The Bertz CT molecular complexity index is 694. The van der Waals surface area contributed by atoms with E-state index in [1.165, 1.54) is 17.7 Å². The van der Waals surface area contributed by atoms with Crippen molar-refractivity contribution in [3.8, 4) is 0 Å². The number of anilines is 1. The highest BCUT2D eigenvalue weighted by Gasteiger charge is 2.29. The molecular weight excluding hydrogens is 290 g/mol. The third-order valence-corrected chi connectivity index (χ3v) is 5.19. The van der Waals surface area contributed by atoms with E-state index in [1.54, 1.807) is 6.92 Å². The summed E-state index contributed by atoms with van der Waals surface area (Å²) in [6.07, 6.45) is 2.95. The number of fused-ring (bicyclic) bond motifs is 1. The average Bonchev–Trinajstić information content (AvgIpc) is 2.74. The van der Waals surface area contributed by atoms with Gasteiger partial charge in [-0.25, -0.2) is 14.8 Å². The van der Waals surface area contributed by atoms with Gasteiger partial charge in [-0.1, -0.05) is 0 Å². The summed E-state index contributed by atoms with van der Waals surface area (Å²) in [6, 6.07) is 0. The first-order valence-corrected chi connectivity index (χ1v) is 7.65. The average molecular weight is 307 g/mol. The number of thiophene rings is 1. The van der Waals surface area contributed by atoms with E-state index in [-0.39, 0.29) is 6.10 Å². The van der Waals surface area contributed by atoms with Crippen LogP contribution in [0.1, 0.15) is 28.1 Å². The molecule has 3 rings (SSSR count). The van der Waals surface area contributed by atoms with Crippen molar-refractivity contribution in [3.05, 3.63) is 16.8 Å². The summed E-state index contributed by atoms with van der Waals surface area (Å²) in [5.41, 5.74) is 0.721. The molecule has 21 heavy (non-hydrogen) atoms. The zero-order chi connectivity index (χ0) is 15.1. The second kappa shape index (κ2) is 5.23. The minimum Gasteiger partial charge on any atom is -0.477 e. The van der Waals surface area contributed by atoms with E-state index in [0.717, 1.165) is 36.2 Å². The predicted octanol–water partition coefficient (Wildman–Crippen LogP) is 1.91. The van der Waals surface area contributed by atoms with E-state index in [0.29, 0.717) is 15.6 Å². The summed E-state index contributed by atoms with van der Waals surface area (Å²) in [6.45, 7) is 2.61. The Morgan fingerprint density at radius 2 is 2.19 bits per heavy atom. The van der Waals surface area contributed by atoms with Gasteiger partial charge in [0.1, 0.15) is 21.9 Å². The van der Waals surface area contributed by atoms with Crippen LogP contribution in [0.3, 0.4) is 0 Å². The molecule has 7 heteroatoms. The molecule has 0 radical (unpaired) electrons. The molecular formula is C14H17N3O3S. The molecule has 0 aromatic carbocycles. The van der Waals surface area contributed by atoms with Crippen molar-refractivity contribution in [1.29, 1.82) is 0 Å². The fourth-order valence-electron chi connectivity index (χ4n) is 2.87. The first-order valence-electron chi connectivity index (χ1n) is 6.84. The molecule has 0 aliphatic heterocycles. The summed E-state index contributed by atoms with van der Waals surface area (Å²) in [7, 11) is 1.95. The van der Waals surface area contributed by atoms with E-state index in [2.05, 4.69) is 9.97 Å². The molecule has 0 unspecified atom stereocenters. The van der Waals surface area contributed by atoms with E-state index < -0.39 is 5.97 Å². The molecule has 1 aliphatic carbocycles. The van der Waals surface area contributed by atoms with Crippen LogP contribution in [0.4, 0.5) is 5.82 Å². The molecule has 0 atom stereocenters. The van der Waals surface area contributed by atoms with Crippen LogP contribution < -0.4 is 4.90 Å². The van der Waals surface area contributed by atoms with Gasteiger partial charge in [0.15, 0.2) is 0 Å². The Morgan fingerprint density at radius 1 is 1.48 bits per heavy atom. The number of aromatic carboxylic acids is 1. The number of rotatable bonds is 4. The van der Waals surface area contributed by atoms with Crippen LogP contribution in [0, 0.1) is 12.8 Å². The second-order valence-electron chi connectivity index (χ2n) is 5.61. The maximum absolute atomic E-state index is 11.3. The number of nitrogens with zero attached hydrogens (tertiary/aromatic N) is 3. The first kappa shape index (κ1) is 14.2. The molecule has 0 bridgehead atoms. The maximum atomic E-state index is 11.3. The van der Waals surface area contributed by atoms with E-state index in [9.17, 15) is 15.0 Å². The molecule has 112 valence electrons. The lowest BCUT2D eigenvalue weighted by atomic mass is 9.82. The van der Waals surface area contributed by atoms with Crippen molar-refractivity contribution in [1.82, 2.24) is 9.97 Å². The van der Waals surface area contributed by atoms with Crippen LogP contribution in [0.5, 0.6) is 0 Å². The minimum absolute atomic E-state index is 0.171. The van der Waals surface area contributed by atoms with Crippen molar-refractivity contribution < 1.29 is 15.0 Å². The van der Waals surface area contributed by atoms with E-state index in [4.69, 9.17) is 0 Å². The summed E-state index contributed by atoms with van der Waals surface area (Å²) in [5, 5.41) is 19.4. The number of carbonyl (C=O) groups is 1. The lowest BCUT2D eigenvalue weighted by Gasteiger charge is -2.34. The molecule has 0 saturated heterocycles. The van der Waals surface area contributed by atoms with Gasteiger partial charge in [-0.2, -0.15) is 0 Å². The molecule has 6 nitrogen and oxygen atoms in total. The van der Waals surface area contributed by atoms with Crippen LogP contribution >= 0.6 is 11.3 Å². The van der Waals surface area contributed by atoms with Gasteiger partial charge in [-0.3, -0.25) is 0 Å². The van der Waals surface area contributed by atoms with Gasteiger partial charge in [0.25, 0.3) is 0 Å². The molecule has 1 saturated carbocycles. The summed E-state index contributed by atoms with van der Waals surface area (Å²) in [5.74, 6) is 0.307. The quantitative estimate of drug-likeness (QED) is 0.897. The number of carboxylic acid groups (broad SMARTS) is 1. The lowest BCUT2D eigenvalue weighted by Crippen LogP contribution is -2.37. The molecule has 0 spiro atoms. The van der Waals surface area contributed by atoms with Crippen molar-refractivity contribution in [2.24, 2.45) is 5.92 Å². The van der Waals surface area contributed by atoms with Crippen molar-refractivity contribution >= 4 is 33.3 Å². The SMILES string of the molecule is Cc1c(C(=O)O)sc2ncnc(N(C)CC3CC(O)C3)c12. The van der Waals surface area contributed by atoms with Crippen LogP contribution in [0.15, 0.2) is 6.33 Å². The standard InChI is InChI=1S/C14H17N3O3S/c1-7-10-12(17(2)5-8-3-9(18)4-8)15-6-16-13(10)21-11(7)14(19)20/h6,8-9,18H,3-5H2,1-2H3,(H,19,20). The first-order chi connectivity index (χ1) is 9.97. The number of aliphatic hydroxyl groups excluding tert-OH is 1. The predicted molar refractivity (Wildman–Crippen MR) is 81.1 cm³/mol. The molecule has 0 amide bonds. The second-order valence-corrected chi connectivity index (χ2v) is 6.61. The Labute approximate surface area is 126 Å². The fourth-order valence-corrected chi connectivity index (χ4v) is 3.85. The Balaban J connectivity index is 1.96. The van der Waals surface area contributed by atoms with Gasteiger partial charge < -0.3 is 15.1 Å². The van der Waals surface area contributed by atoms with Crippen LogP contribution in [0.25, 0.3) is 10.2 Å². The normalized spacial score (nSPS) is 21.3. The molecule has 2 heterocycles. The van der Waals surface area contributed by atoms with Crippen molar-refractivity contribution in [2.75, 3.05) is 18.5 Å². The van der Waals surface area contributed by atoms with Gasteiger partial charge in [0.2, 0.25) is 0 Å². The number of aromatic nitrogens is 2. The molecule has 1 fully saturated rings. The molecule has 2 aromatic rings. The highest BCUT2D eigenvalue weighted by Crippen LogP contribution is 2.36. The van der Waals surface area contributed by atoms with Gasteiger partial charge in [0, 0.05) is 13.6 Å². The molecule has 2 N–H and O–H groups in total. The Morgan fingerprint density at radius 3 is 2.81 bits per heavy atom. The number of hydrogen-bond acceptors (Lipinski definition) is 6. The van der Waals surface area contributed by atoms with Gasteiger partial charge in [-0.05, 0) is 31.2 Å². The highest BCUT2D eigenvalue weighted by molar-refractivity contribution is 7.20. The maximum Gasteiger partial charge on any atom is 0.346 e. The summed E-state index contributed by atoms with van der Waals surface area (Å²) >= 11 is 1.19. The smallest absolute Gasteiger partial charge is 0.346 e. The van der Waals surface area contributed by atoms with Crippen LogP contribution in [-0.4, -0.2) is 45.8 Å². The highest BCUT2D eigenvalue weighted by atomic mass is 32.1.